The number of nitrogens with one attached hydrogen (secondary N) is 1. The van der Waals surface area contributed by atoms with Crippen molar-refractivity contribution in [2.45, 2.75) is 32.0 Å². The number of benzene rings is 1. The number of hydrogen-bond donors (Lipinski definition) is 1. The van der Waals surface area contributed by atoms with Gasteiger partial charge in [0.15, 0.2) is 0 Å². The average molecular weight is 370 g/mol. The van der Waals surface area contributed by atoms with Crippen molar-refractivity contribution in [2.75, 3.05) is 19.7 Å². The molecule has 1 N–H and O–H groups in total. The molecule has 8 heteroatoms. The summed E-state index contributed by atoms with van der Waals surface area (Å²) >= 11 is 0. The molecule has 1 heterocycles. The van der Waals surface area contributed by atoms with Gasteiger partial charge in [-0.3, -0.25) is 4.79 Å². The van der Waals surface area contributed by atoms with Gasteiger partial charge in [-0.15, -0.1) is 0 Å². The fourth-order valence-electron chi connectivity index (χ4n) is 2.63. The van der Waals surface area contributed by atoms with Crippen LogP contribution < -0.4 is 5.32 Å². The zero-order valence-electron chi connectivity index (χ0n) is 14.4. The van der Waals surface area contributed by atoms with Gasteiger partial charge in [-0.1, -0.05) is 12.1 Å². The van der Waals surface area contributed by atoms with E-state index in [1.807, 2.05) is 0 Å². The standard InChI is InChI=1S/C18H21F3N2O3/c1-2-26-17(25)23-11-9-15(10-12-23)22-16(24)8-5-13-3-6-14(7-4-13)18(19,20)21/h3-8,15H,2,9-12H2,1H3,(H,22,24)/b8-5+. The van der Waals surface area contributed by atoms with E-state index in [1.165, 1.54) is 24.3 Å². The van der Waals surface area contributed by atoms with Gasteiger partial charge in [0.1, 0.15) is 0 Å². The smallest absolute Gasteiger partial charge is 0.416 e. The van der Waals surface area contributed by atoms with Gasteiger partial charge in [0.25, 0.3) is 0 Å². The van der Waals surface area contributed by atoms with Crippen molar-refractivity contribution in [3.63, 3.8) is 0 Å². The summed E-state index contributed by atoms with van der Waals surface area (Å²) in [5.41, 5.74) is -0.224. The Morgan fingerprint density at radius 2 is 1.85 bits per heavy atom. The highest BCUT2D eigenvalue weighted by atomic mass is 19.4. The minimum atomic E-state index is -4.38. The summed E-state index contributed by atoms with van der Waals surface area (Å²) in [5, 5.41) is 2.83. The highest BCUT2D eigenvalue weighted by Crippen LogP contribution is 2.29. The Hall–Kier alpha value is -2.51. The fourth-order valence-corrected chi connectivity index (χ4v) is 2.63. The van der Waals surface area contributed by atoms with E-state index in [2.05, 4.69) is 5.32 Å². The second-order valence-corrected chi connectivity index (χ2v) is 5.92. The van der Waals surface area contributed by atoms with Crippen LogP contribution in [0.3, 0.4) is 0 Å². The van der Waals surface area contributed by atoms with Crippen LogP contribution in [0.4, 0.5) is 18.0 Å². The summed E-state index contributed by atoms with van der Waals surface area (Å²) in [6.45, 7) is 3.08. The van der Waals surface area contributed by atoms with Crippen molar-refractivity contribution in [1.29, 1.82) is 0 Å². The first kappa shape index (κ1) is 19.8. The molecule has 1 saturated heterocycles. The largest absolute Gasteiger partial charge is 0.450 e. The Morgan fingerprint density at radius 1 is 1.23 bits per heavy atom. The number of rotatable bonds is 4. The normalized spacial score (nSPS) is 15.9. The van der Waals surface area contributed by atoms with Crippen molar-refractivity contribution in [1.82, 2.24) is 10.2 Å². The molecule has 5 nitrogen and oxygen atoms in total. The predicted molar refractivity (Wildman–Crippen MR) is 90.2 cm³/mol. The lowest BCUT2D eigenvalue weighted by atomic mass is 10.1. The Bertz CT molecular complexity index is 649. The van der Waals surface area contributed by atoms with Crippen LogP contribution in [-0.2, 0) is 15.7 Å². The molecular formula is C18H21F3N2O3. The lowest BCUT2D eigenvalue weighted by Gasteiger charge is -2.31. The molecule has 2 rings (SSSR count). The minimum Gasteiger partial charge on any atom is -0.450 e. The topological polar surface area (TPSA) is 58.6 Å². The highest BCUT2D eigenvalue weighted by Gasteiger charge is 2.29. The van der Waals surface area contributed by atoms with E-state index < -0.39 is 11.7 Å². The van der Waals surface area contributed by atoms with Crippen molar-refractivity contribution < 1.29 is 27.5 Å². The van der Waals surface area contributed by atoms with Crippen LogP contribution in [0.2, 0.25) is 0 Å². The van der Waals surface area contributed by atoms with E-state index in [1.54, 1.807) is 11.8 Å². The van der Waals surface area contributed by atoms with Crippen molar-refractivity contribution >= 4 is 18.1 Å². The molecule has 142 valence electrons. The first-order valence-corrected chi connectivity index (χ1v) is 8.37. The van der Waals surface area contributed by atoms with E-state index in [0.717, 1.165) is 12.1 Å². The molecule has 0 atom stereocenters. The Morgan fingerprint density at radius 3 is 2.38 bits per heavy atom. The first-order chi connectivity index (χ1) is 12.3. The maximum Gasteiger partial charge on any atom is 0.416 e. The number of likely N-dealkylation sites (tertiary alicyclic amines) is 1. The third kappa shape index (κ3) is 5.79. The van der Waals surface area contributed by atoms with Gasteiger partial charge in [-0.2, -0.15) is 13.2 Å². The van der Waals surface area contributed by atoms with Crippen LogP contribution in [-0.4, -0.2) is 42.6 Å². The number of carbonyl (C=O) groups excluding carboxylic acids is 2. The molecule has 0 spiro atoms. The van der Waals surface area contributed by atoms with Gasteiger partial charge in [-0.05, 0) is 43.5 Å². The summed E-state index contributed by atoms with van der Waals surface area (Å²) in [6, 6.07) is 4.52. The van der Waals surface area contributed by atoms with E-state index in [9.17, 15) is 22.8 Å². The number of amides is 2. The summed E-state index contributed by atoms with van der Waals surface area (Å²) in [7, 11) is 0. The fraction of sp³-hybridized carbons (Fsp3) is 0.444. The quantitative estimate of drug-likeness (QED) is 0.826. The molecular weight excluding hydrogens is 349 g/mol. The maximum atomic E-state index is 12.5. The molecule has 26 heavy (non-hydrogen) atoms. The third-order valence-corrected chi connectivity index (χ3v) is 4.03. The van der Waals surface area contributed by atoms with E-state index >= 15 is 0 Å². The van der Waals surface area contributed by atoms with Crippen LogP contribution in [0.25, 0.3) is 6.08 Å². The number of alkyl halides is 3. The van der Waals surface area contributed by atoms with Crippen molar-refractivity contribution in [3.05, 3.63) is 41.5 Å². The van der Waals surface area contributed by atoms with Gasteiger partial charge in [0.05, 0.1) is 12.2 Å². The van der Waals surface area contributed by atoms with Crippen molar-refractivity contribution in [2.24, 2.45) is 0 Å². The number of halogens is 3. The maximum absolute atomic E-state index is 12.5. The Labute approximate surface area is 149 Å². The molecule has 0 aromatic heterocycles. The molecule has 1 aliphatic heterocycles. The van der Waals surface area contributed by atoms with Gasteiger partial charge >= 0.3 is 12.3 Å². The summed E-state index contributed by atoms with van der Waals surface area (Å²) < 4.78 is 42.4. The average Bonchev–Trinajstić information content (AvgIpc) is 2.60. The lowest BCUT2D eigenvalue weighted by Crippen LogP contribution is -2.46. The third-order valence-electron chi connectivity index (χ3n) is 4.03. The molecule has 1 aromatic rings. The van der Waals surface area contributed by atoms with Crippen LogP contribution in [0.15, 0.2) is 30.3 Å². The molecule has 0 unspecified atom stereocenters. The zero-order chi connectivity index (χ0) is 19.2. The summed E-state index contributed by atoms with van der Waals surface area (Å²) in [5.74, 6) is -0.320. The van der Waals surface area contributed by atoms with Gasteiger partial charge < -0.3 is 15.0 Å². The minimum absolute atomic E-state index is 0.0505. The SMILES string of the molecule is CCOC(=O)N1CCC(NC(=O)/C=C/c2ccc(C(F)(F)F)cc2)CC1. The van der Waals surface area contributed by atoms with Crippen LogP contribution in [0.5, 0.6) is 0 Å². The van der Waals surface area contributed by atoms with E-state index in [4.69, 9.17) is 4.74 Å². The van der Waals surface area contributed by atoms with Gasteiger partial charge in [0.2, 0.25) is 5.91 Å². The summed E-state index contributed by atoms with van der Waals surface area (Å²) in [4.78, 5) is 25.2. The number of nitrogens with zero attached hydrogens (tertiary/aromatic N) is 1. The molecule has 0 aliphatic carbocycles. The van der Waals surface area contributed by atoms with Gasteiger partial charge in [0, 0.05) is 25.2 Å². The highest BCUT2D eigenvalue weighted by molar-refractivity contribution is 5.91. The second-order valence-electron chi connectivity index (χ2n) is 5.92. The van der Waals surface area contributed by atoms with E-state index in [-0.39, 0.29) is 18.0 Å². The van der Waals surface area contributed by atoms with Crippen molar-refractivity contribution in [3.8, 4) is 0 Å². The zero-order valence-corrected chi connectivity index (χ0v) is 14.4. The molecule has 0 saturated carbocycles. The van der Waals surface area contributed by atoms with Crippen LogP contribution in [0, 0.1) is 0 Å². The van der Waals surface area contributed by atoms with E-state index in [0.29, 0.717) is 38.1 Å². The predicted octanol–water partition coefficient (Wildman–Crippen LogP) is 3.46. The first-order valence-electron chi connectivity index (χ1n) is 8.37. The second kappa shape index (κ2) is 8.73. The monoisotopic (exact) mass is 370 g/mol. The molecule has 0 bridgehead atoms. The Balaban J connectivity index is 1.80. The lowest BCUT2D eigenvalue weighted by molar-refractivity contribution is -0.137. The molecule has 0 radical (unpaired) electrons. The Kier molecular flexibility index (Phi) is 6.65. The molecule has 1 fully saturated rings. The molecule has 2 amide bonds. The van der Waals surface area contributed by atoms with Gasteiger partial charge in [-0.25, -0.2) is 4.79 Å². The number of ether oxygens (including phenoxy) is 1. The molecule has 1 aliphatic rings. The van der Waals surface area contributed by atoms with Crippen LogP contribution in [0.1, 0.15) is 30.9 Å². The number of piperidine rings is 1. The number of hydrogen-bond acceptors (Lipinski definition) is 3. The number of carbonyl (C=O) groups is 2. The summed E-state index contributed by atoms with van der Waals surface area (Å²) in [6.07, 6.45) is -0.724. The molecule has 1 aromatic carbocycles. The van der Waals surface area contributed by atoms with Crippen LogP contribution >= 0.6 is 0 Å².